The van der Waals surface area contributed by atoms with E-state index in [1.807, 2.05) is 38.2 Å². The van der Waals surface area contributed by atoms with Crippen molar-refractivity contribution in [2.45, 2.75) is 27.7 Å². The first-order valence-electron chi connectivity index (χ1n) is 5.90. The molecule has 0 N–H and O–H groups in total. The number of hydrogen-bond donors (Lipinski definition) is 0. The summed E-state index contributed by atoms with van der Waals surface area (Å²) < 4.78 is 0. The first-order chi connectivity index (χ1) is 8.02. The summed E-state index contributed by atoms with van der Waals surface area (Å²) in [5.74, 6) is 0.408. The minimum atomic E-state index is 0.408. The van der Waals surface area contributed by atoms with Crippen molar-refractivity contribution in [1.29, 1.82) is 0 Å². The number of allylic oxidation sites excluding steroid dienone is 7. The predicted molar refractivity (Wildman–Crippen MR) is 79.3 cm³/mol. The molecule has 0 amide bonds. The van der Waals surface area contributed by atoms with Crippen LogP contribution >= 0.6 is 0 Å². The number of aliphatic imine (C=N–C) groups is 1. The Kier molecular flexibility index (Phi) is 7.70. The average Bonchev–Trinajstić information content (AvgIpc) is 2.24. The summed E-state index contributed by atoms with van der Waals surface area (Å²) in [6.07, 6.45) is 11.7. The molecule has 0 radical (unpaired) electrons. The molecule has 0 atom stereocenters. The zero-order chi connectivity index (χ0) is 13.3. The molecule has 0 saturated carbocycles. The van der Waals surface area contributed by atoms with Crippen LogP contribution in [0.4, 0.5) is 0 Å². The van der Waals surface area contributed by atoms with Crippen molar-refractivity contribution < 1.29 is 0 Å². The normalized spacial score (nSPS) is 13.4. The molecule has 0 heterocycles. The van der Waals surface area contributed by atoms with Crippen LogP contribution in [-0.2, 0) is 0 Å². The van der Waals surface area contributed by atoms with E-state index >= 15 is 0 Å². The zero-order valence-corrected chi connectivity index (χ0v) is 11.4. The van der Waals surface area contributed by atoms with Crippen LogP contribution in [0.3, 0.4) is 0 Å². The smallest absolute Gasteiger partial charge is 0.0588 e. The minimum Gasteiger partial charge on any atom is -0.262 e. The van der Waals surface area contributed by atoms with Gasteiger partial charge in [0.05, 0.1) is 5.70 Å². The second kappa shape index (κ2) is 8.51. The monoisotopic (exact) mass is 229 g/mol. The molecule has 0 aliphatic carbocycles. The summed E-state index contributed by atoms with van der Waals surface area (Å²) in [4.78, 5) is 4.22. The second-order valence-corrected chi connectivity index (χ2v) is 4.04. The number of hydrogen-bond acceptors (Lipinski definition) is 1. The first-order valence-corrected chi connectivity index (χ1v) is 5.90. The largest absolute Gasteiger partial charge is 0.262 e. The summed E-state index contributed by atoms with van der Waals surface area (Å²) in [7, 11) is 0. The number of rotatable bonds is 6. The van der Waals surface area contributed by atoms with Crippen molar-refractivity contribution in [2.75, 3.05) is 0 Å². The molecule has 0 bridgehead atoms. The van der Waals surface area contributed by atoms with Gasteiger partial charge in [0.15, 0.2) is 0 Å². The van der Waals surface area contributed by atoms with Crippen LogP contribution in [0.5, 0.6) is 0 Å². The van der Waals surface area contributed by atoms with Crippen molar-refractivity contribution >= 4 is 6.21 Å². The van der Waals surface area contributed by atoms with Crippen molar-refractivity contribution in [3.63, 3.8) is 0 Å². The maximum absolute atomic E-state index is 4.22. The van der Waals surface area contributed by atoms with E-state index in [9.17, 15) is 0 Å². The van der Waals surface area contributed by atoms with Crippen LogP contribution in [0.1, 0.15) is 27.7 Å². The van der Waals surface area contributed by atoms with Gasteiger partial charge in [0.25, 0.3) is 0 Å². The summed E-state index contributed by atoms with van der Waals surface area (Å²) in [6, 6.07) is 0. The SMILES string of the molecule is C=C(/C=C\C)/C=C\C=C(/C(=C)/N=C\C)C(C)C. The lowest BCUT2D eigenvalue weighted by molar-refractivity contribution is 0.776. The Balaban J connectivity index is 4.84. The van der Waals surface area contributed by atoms with E-state index in [1.54, 1.807) is 6.21 Å². The van der Waals surface area contributed by atoms with E-state index in [0.717, 1.165) is 16.8 Å². The number of nitrogens with zero attached hydrogens (tertiary/aromatic N) is 1. The maximum Gasteiger partial charge on any atom is 0.0588 e. The molecule has 1 nitrogen and oxygen atoms in total. The molecule has 0 rings (SSSR count). The molecule has 0 aromatic carbocycles. The highest BCUT2D eigenvalue weighted by atomic mass is 14.7. The quantitative estimate of drug-likeness (QED) is 0.455. The van der Waals surface area contributed by atoms with Gasteiger partial charge in [0, 0.05) is 6.21 Å². The van der Waals surface area contributed by atoms with Gasteiger partial charge in [-0.25, -0.2) is 0 Å². The van der Waals surface area contributed by atoms with Gasteiger partial charge in [-0.05, 0) is 30.9 Å². The van der Waals surface area contributed by atoms with Crippen molar-refractivity contribution in [3.05, 3.63) is 60.4 Å². The summed E-state index contributed by atoms with van der Waals surface area (Å²) in [5, 5.41) is 0. The Hall–Kier alpha value is -1.63. The van der Waals surface area contributed by atoms with Crippen LogP contribution in [0.15, 0.2) is 65.4 Å². The topological polar surface area (TPSA) is 12.4 Å². The molecular weight excluding hydrogens is 206 g/mol. The van der Waals surface area contributed by atoms with E-state index in [0.29, 0.717) is 5.92 Å². The molecule has 0 aromatic rings. The standard InChI is InChI=1S/C16H23N/c1-7-10-14(5)11-9-12-16(13(3)4)15(6)17-8-2/h7-13H,5-6H2,1-4H3/b10-7-,11-9-,16-12-,17-8-. The third-order valence-corrected chi connectivity index (χ3v) is 2.21. The Morgan fingerprint density at radius 2 is 1.76 bits per heavy atom. The van der Waals surface area contributed by atoms with Crippen molar-refractivity contribution in [3.8, 4) is 0 Å². The third-order valence-electron chi connectivity index (χ3n) is 2.21. The highest BCUT2D eigenvalue weighted by molar-refractivity contribution is 5.57. The molecule has 0 saturated heterocycles. The predicted octanol–water partition coefficient (Wildman–Crippen LogP) is 4.86. The fraction of sp³-hybridized carbons (Fsp3) is 0.312. The molecule has 92 valence electrons. The van der Waals surface area contributed by atoms with Crippen LogP contribution in [-0.4, -0.2) is 6.21 Å². The fourth-order valence-corrected chi connectivity index (χ4v) is 1.40. The molecule has 0 spiro atoms. The molecule has 0 fully saturated rings. The molecule has 0 aliphatic heterocycles. The Morgan fingerprint density at radius 1 is 1.12 bits per heavy atom. The summed E-state index contributed by atoms with van der Waals surface area (Å²) in [5.41, 5.74) is 2.95. The zero-order valence-electron chi connectivity index (χ0n) is 11.4. The van der Waals surface area contributed by atoms with Gasteiger partial charge < -0.3 is 0 Å². The van der Waals surface area contributed by atoms with Crippen molar-refractivity contribution in [1.82, 2.24) is 0 Å². The van der Waals surface area contributed by atoms with E-state index in [4.69, 9.17) is 0 Å². The second-order valence-electron chi connectivity index (χ2n) is 4.04. The van der Waals surface area contributed by atoms with Gasteiger partial charge in [-0.2, -0.15) is 0 Å². The molecular formula is C16H23N. The van der Waals surface area contributed by atoms with Crippen molar-refractivity contribution in [2.24, 2.45) is 10.9 Å². The van der Waals surface area contributed by atoms with E-state index in [1.165, 1.54) is 0 Å². The Labute approximate surface area is 106 Å². The average molecular weight is 229 g/mol. The van der Waals surface area contributed by atoms with Gasteiger partial charge in [-0.15, -0.1) is 0 Å². The van der Waals surface area contributed by atoms with Gasteiger partial charge in [-0.3, -0.25) is 4.99 Å². The molecule has 1 heteroatoms. The van der Waals surface area contributed by atoms with E-state index in [2.05, 4.69) is 38.1 Å². The minimum absolute atomic E-state index is 0.408. The highest BCUT2D eigenvalue weighted by Crippen LogP contribution is 2.19. The van der Waals surface area contributed by atoms with Crippen LogP contribution in [0, 0.1) is 5.92 Å². The van der Waals surface area contributed by atoms with Gasteiger partial charge in [-0.1, -0.05) is 57.4 Å². The third kappa shape index (κ3) is 6.52. The van der Waals surface area contributed by atoms with Crippen LogP contribution in [0.2, 0.25) is 0 Å². The van der Waals surface area contributed by atoms with Gasteiger partial charge >= 0.3 is 0 Å². The molecule has 17 heavy (non-hydrogen) atoms. The fourth-order valence-electron chi connectivity index (χ4n) is 1.40. The lowest BCUT2D eigenvalue weighted by atomic mass is 10.00. The van der Waals surface area contributed by atoms with Gasteiger partial charge in [0.2, 0.25) is 0 Å². The summed E-state index contributed by atoms with van der Waals surface area (Å²) in [6.45, 7) is 16.0. The molecule has 0 aliphatic rings. The summed E-state index contributed by atoms with van der Waals surface area (Å²) >= 11 is 0. The maximum atomic E-state index is 4.22. The highest BCUT2D eigenvalue weighted by Gasteiger charge is 2.04. The van der Waals surface area contributed by atoms with Crippen LogP contribution in [0.25, 0.3) is 0 Å². The van der Waals surface area contributed by atoms with E-state index in [-0.39, 0.29) is 0 Å². The van der Waals surface area contributed by atoms with E-state index < -0.39 is 0 Å². The van der Waals surface area contributed by atoms with Crippen LogP contribution < -0.4 is 0 Å². The lowest BCUT2D eigenvalue weighted by Crippen LogP contribution is -1.95. The Bertz CT molecular complexity index is 376. The Morgan fingerprint density at radius 3 is 2.24 bits per heavy atom. The van der Waals surface area contributed by atoms with Gasteiger partial charge in [0.1, 0.15) is 0 Å². The first kappa shape index (κ1) is 15.4. The lowest BCUT2D eigenvalue weighted by Gasteiger charge is -2.09. The molecule has 0 aromatic heterocycles. The molecule has 0 unspecified atom stereocenters.